The summed E-state index contributed by atoms with van der Waals surface area (Å²) in [5.41, 5.74) is -0.175. The Morgan fingerprint density at radius 3 is 1.94 bits per heavy atom. The summed E-state index contributed by atoms with van der Waals surface area (Å²) in [6.07, 6.45) is 5.27. The van der Waals surface area contributed by atoms with Crippen molar-refractivity contribution in [2.24, 2.45) is 5.92 Å². The first kappa shape index (κ1) is 13.7. The summed E-state index contributed by atoms with van der Waals surface area (Å²) < 4.78 is 0. The number of nitrogens with zero attached hydrogens (tertiary/aromatic N) is 1. The Kier molecular flexibility index (Phi) is 4.97. The smallest absolute Gasteiger partial charge is 0.153 e. The minimum atomic E-state index is -0.175. The van der Waals surface area contributed by atoms with E-state index < -0.39 is 0 Å². The Bertz CT molecular complexity index is 225. The van der Waals surface area contributed by atoms with E-state index in [0.717, 1.165) is 32.4 Å². The lowest BCUT2D eigenvalue weighted by atomic mass is 9.83. The molecule has 0 spiro atoms. The van der Waals surface area contributed by atoms with Crippen molar-refractivity contribution in [2.75, 3.05) is 13.1 Å². The molecule has 0 aliphatic heterocycles. The molecule has 0 aromatic heterocycles. The van der Waals surface area contributed by atoms with Gasteiger partial charge in [0.1, 0.15) is 0 Å². The molecule has 16 heavy (non-hydrogen) atoms. The number of carbonyl (C=O) groups excluding carboxylic acids is 1. The SMILES string of the molecule is CCN(CC)C(CC)(CC)C(=O)CC1CC1. The van der Waals surface area contributed by atoms with E-state index in [-0.39, 0.29) is 5.54 Å². The van der Waals surface area contributed by atoms with Crippen molar-refractivity contribution < 1.29 is 4.79 Å². The standard InChI is InChI=1S/C14H27NO/c1-5-14(6-2,15(7-3)8-4)13(16)11-12-9-10-12/h12H,5-11H2,1-4H3. The Labute approximate surface area is 100 Å². The van der Waals surface area contributed by atoms with E-state index in [4.69, 9.17) is 0 Å². The molecule has 0 amide bonds. The van der Waals surface area contributed by atoms with Crippen LogP contribution in [0.4, 0.5) is 0 Å². The number of rotatable bonds is 8. The maximum atomic E-state index is 12.5. The third-order valence-corrected chi connectivity index (χ3v) is 4.23. The number of likely N-dealkylation sites (N-methyl/N-ethyl adjacent to an activating group) is 1. The highest BCUT2D eigenvalue weighted by Gasteiger charge is 2.41. The quantitative estimate of drug-likeness (QED) is 0.632. The van der Waals surface area contributed by atoms with Crippen LogP contribution in [0.3, 0.4) is 0 Å². The van der Waals surface area contributed by atoms with Gasteiger partial charge < -0.3 is 0 Å². The molecule has 1 saturated carbocycles. The van der Waals surface area contributed by atoms with Gasteiger partial charge in [0, 0.05) is 6.42 Å². The molecule has 2 nitrogen and oxygen atoms in total. The van der Waals surface area contributed by atoms with Gasteiger partial charge in [-0.1, -0.05) is 27.7 Å². The monoisotopic (exact) mass is 225 g/mol. The van der Waals surface area contributed by atoms with Crippen molar-refractivity contribution in [1.82, 2.24) is 4.90 Å². The van der Waals surface area contributed by atoms with Gasteiger partial charge in [0.2, 0.25) is 0 Å². The van der Waals surface area contributed by atoms with E-state index >= 15 is 0 Å². The van der Waals surface area contributed by atoms with Crippen molar-refractivity contribution in [3.05, 3.63) is 0 Å². The molecule has 0 unspecified atom stereocenters. The van der Waals surface area contributed by atoms with Crippen molar-refractivity contribution in [3.63, 3.8) is 0 Å². The molecular formula is C14H27NO. The van der Waals surface area contributed by atoms with Crippen molar-refractivity contribution >= 4 is 5.78 Å². The summed E-state index contributed by atoms with van der Waals surface area (Å²) in [6, 6.07) is 0. The molecule has 0 radical (unpaired) electrons. The first-order valence-electron chi connectivity index (χ1n) is 6.92. The molecule has 0 aromatic rings. The molecule has 0 bridgehead atoms. The van der Waals surface area contributed by atoms with E-state index in [9.17, 15) is 4.79 Å². The molecule has 1 aliphatic rings. The molecule has 2 heteroatoms. The Balaban J connectivity index is 2.78. The van der Waals surface area contributed by atoms with Crippen LogP contribution in [-0.4, -0.2) is 29.3 Å². The molecule has 1 rings (SSSR count). The van der Waals surface area contributed by atoms with E-state index in [0.29, 0.717) is 11.7 Å². The normalized spacial score (nSPS) is 16.8. The van der Waals surface area contributed by atoms with Crippen LogP contribution in [0.2, 0.25) is 0 Å². The molecule has 94 valence electrons. The number of hydrogen-bond donors (Lipinski definition) is 0. The van der Waals surface area contributed by atoms with Crippen molar-refractivity contribution in [3.8, 4) is 0 Å². The first-order chi connectivity index (χ1) is 7.64. The molecule has 0 N–H and O–H groups in total. The van der Waals surface area contributed by atoms with Gasteiger partial charge >= 0.3 is 0 Å². The van der Waals surface area contributed by atoms with Gasteiger partial charge in [-0.2, -0.15) is 0 Å². The van der Waals surface area contributed by atoms with Gasteiger partial charge in [-0.05, 0) is 44.7 Å². The van der Waals surface area contributed by atoms with Crippen LogP contribution in [0.15, 0.2) is 0 Å². The lowest BCUT2D eigenvalue weighted by Crippen LogP contribution is -2.53. The van der Waals surface area contributed by atoms with Crippen molar-refractivity contribution in [1.29, 1.82) is 0 Å². The molecule has 1 aliphatic carbocycles. The highest BCUT2D eigenvalue weighted by Crippen LogP contribution is 2.36. The van der Waals surface area contributed by atoms with E-state index in [1.54, 1.807) is 0 Å². The second kappa shape index (κ2) is 5.81. The summed E-state index contributed by atoms with van der Waals surface area (Å²) in [7, 11) is 0. The van der Waals surface area contributed by atoms with Gasteiger partial charge in [-0.25, -0.2) is 0 Å². The van der Waals surface area contributed by atoms with Crippen molar-refractivity contribution in [2.45, 2.75) is 65.3 Å². The molecule has 0 aromatic carbocycles. The van der Waals surface area contributed by atoms with E-state index in [2.05, 4.69) is 32.6 Å². The number of carbonyl (C=O) groups is 1. The fourth-order valence-electron chi connectivity index (χ4n) is 2.87. The molecule has 0 atom stereocenters. The zero-order valence-electron chi connectivity index (χ0n) is 11.4. The fraction of sp³-hybridized carbons (Fsp3) is 0.929. The minimum absolute atomic E-state index is 0.175. The van der Waals surface area contributed by atoms with E-state index in [1.165, 1.54) is 12.8 Å². The number of Topliss-reactive ketones (excluding diaryl/α,β-unsaturated/α-hetero) is 1. The minimum Gasteiger partial charge on any atom is -0.298 e. The van der Waals surface area contributed by atoms with Crippen LogP contribution in [-0.2, 0) is 4.79 Å². The fourth-order valence-corrected chi connectivity index (χ4v) is 2.87. The summed E-state index contributed by atoms with van der Waals surface area (Å²) in [5, 5.41) is 0. The van der Waals surface area contributed by atoms with Gasteiger partial charge in [-0.15, -0.1) is 0 Å². The van der Waals surface area contributed by atoms with Crippen LogP contribution in [0.5, 0.6) is 0 Å². The van der Waals surface area contributed by atoms with Gasteiger partial charge in [0.05, 0.1) is 5.54 Å². The second-order valence-corrected chi connectivity index (χ2v) is 4.98. The lowest BCUT2D eigenvalue weighted by Gasteiger charge is -2.41. The zero-order valence-corrected chi connectivity index (χ0v) is 11.4. The lowest BCUT2D eigenvalue weighted by molar-refractivity contribution is -0.132. The largest absolute Gasteiger partial charge is 0.298 e. The van der Waals surface area contributed by atoms with Crippen LogP contribution in [0.25, 0.3) is 0 Å². The Morgan fingerprint density at radius 2 is 1.62 bits per heavy atom. The highest BCUT2D eigenvalue weighted by molar-refractivity contribution is 5.88. The average Bonchev–Trinajstić information content (AvgIpc) is 3.09. The van der Waals surface area contributed by atoms with E-state index in [1.807, 2.05) is 0 Å². The molecule has 0 saturated heterocycles. The third-order valence-electron chi connectivity index (χ3n) is 4.23. The Hall–Kier alpha value is -0.370. The molecule has 0 heterocycles. The highest BCUT2D eigenvalue weighted by atomic mass is 16.1. The van der Waals surface area contributed by atoms with Crippen LogP contribution >= 0.6 is 0 Å². The summed E-state index contributed by atoms with van der Waals surface area (Å²) in [5.74, 6) is 1.20. The van der Waals surface area contributed by atoms with Gasteiger partial charge in [-0.3, -0.25) is 9.69 Å². The Morgan fingerprint density at radius 1 is 1.12 bits per heavy atom. The van der Waals surface area contributed by atoms with Gasteiger partial charge in [0.25, 0.3) is 0 Å². The number of hydrogen-bond acceptors (Lipinski definition) is 2. The zero-order chi connectivity index (χ0) is 12.2. The molecular weight excluding hydrogens is 198 g/mol. The average molecular weight is 225 g/mol. The predicted molar refractivity (Wildman–Crippen MR) is 68.6 cm³/mol. The van der Waals surface area contributed by atoms with Gasteiger partial charge in [0.15, 0.2) is 5.78 Å². The van der Waals surface area contributed by atoms with Crippen LogP contribution < -0.4 is 0 Å². The first-order valence-corrected chi connectivity index (χ1v) is 6.92. The second-order valence-electron chi connectivity index (χ2n) is 4.98. The summed E-state index contributed by atoms with van der Waals surface area (Å²) in [6.45, 7) is 10.6. The molecule has 1 fully saturated rings. The maximum Gasteiger partial charge on any atom is 0.153 e. The topological polar surface area (TPSA) is 20.3 Å². The summed E-state index contributed by atoms with van der Waals surface area (Å²) in [4.78, 5) is 14.9. The maximum absolute atomic E-state index is 12.5. The van der Waals surface area contributed by atoms with Crippen LogP contribution in [0.1, 0.15) is 59.8 Å². The summed E-state index contributed by atoms with van der Waals surface area (Å²) >= 11 is 0. The third kappa shape index (κ3) is 2.65. The van der Waals surface area contributed by atoms with Crippen LogP contribution in [0, 0.1) is 5.92 Å². The number of ketones is 1. The predicted octanol–water partition coefficient (Wildman–Crippen LogP) is 3.26.